The summed E-state index contributed by atoms with van der Waals surface area (Å²) >= 11 is 0. The second-order valence-electron chi connectivity index (χ2n) is 13.0. The summed E-state index contributed by atoms with van der Waals surface area (Å²) in [5, 5.41) is 10.7. The van der Waals surface area contributed by atoms with Gasteiger partial charge in [0.2, 0.25) is 0 Å². The van der Waals surface area contributed by atoms with Gasteiger partial charge in [0.05, 0.1) is 6.61 Å². The average Bonchev–Trinajstić information content (AvgIpc) is 3.25. The summed E-state index contributed by atoms with van der Waals surface area (Å²) in [6.45, 7) is 6.45. The molecule has 1 saturated carbocycles. The maximum atomic E-state index is 14.1. The van der Waals surface area contributed by atoms with Gasteiger partial charge in [0.1, 0.15) is 17.7 Å². The first-order chi connectivity index (χ1) is 20.0. The molecule has 2 aromatic rings. The Morgan fingerprint density at radius 2 is 1.52 bits per heavy atom. The van der Waals surface area contributed by atoms with Gasteiger partial charge in [0.15, 0.2) is 0 Å². The number of fused-ring (bicyclic) bond motifs is 3. The van der Waals surface area contributed by atoms with Crippen molar-refractivity contribution in [3.63, 3.8) is 0 Å². The predicted octanol–water partition coefficient (Wildman–Crippen LogP) is 5.91. The van der Waals surface area contributed by atoms with Crippen molar-refractivity contribution in [2.45, 2.75) is 69.9 Å². The average molecular weight is 579 g/mol. The molecule has 0 unspecified atom stereocenters. The molecule has 1 N–H and O–H groups in total. The summed E-state index contributed by atoms with van der Waals surface area (Å²) in [7, 11) is 1.63. The first-order valence-corrected chi connectivity index (χ1v) is 14.8. The molecule has 9 heteroatoms. The Kier molecular flexibility index (Phi) is 8.25. The van der Waals surface area contributed by atoms with Crippen LogP contribution in [0.3, 0.4) is 0 Å². The number of carboxylic acids is 1. The van der Waals surface area contributed by atoms with Crippen LogP contribution in [0.25, 0.3) is 11.1 Å². The van der Waals surface area contributed by atoms with Gasteiger partial charge in [-0.15, -0.1) is 0 Å². The monoisotopic (exact) mass is 578 g/mol. The predicted molar refractivity (Wildman–Crippen MR) is 157 cm³/mol. The lowest BCUT2D eigenvalue weighted by molar-refractivity contribution is -0.157. The summed E-state index contributed by atoms with van der Waals surface area (Å²) in [6.07, 6.45) is 1.70. The van der Waals surface area contributed by atoms with Crippen LogP contribution >= 0.6 is 0 Å². The number of rotatable bonds is 8. The molecule has 1 heterocycles. The van der Waals surface area contributed by atoms with Crippen LogP contribution in [0.4, 0.5) is 9.59 Å². The Labute approximate surface area is 247 Å². The van der Waals surface area contributed by atoms with Crippen LogP contribution in [-0.2, 0) is 19.0 Å². The number of likely N-dealkylation sites (tertiary alicyclic amines) is 1. The van der Waals surface area contributed by atoms with Crippen molar-refractivity contribution in [2.75, 3.05) is 40.0 Å². The highest BCUT2D eigenvalue weighted by Gasteiger charge is 2.53. The summed E-state index contributed by atoms with van der Waals surface area (Å²) in [4.78, 5) is 42.8. The zero-order chi connectivity index (χ0) is 30.1. The summed E-state index contributed by atoms with van der Waals surface area (Å²) < 4.78 is 17.1. The Bertz CT molecular complexity index is 1280. The molecule has 9 nitrogen and oxygen atoms in total. The highest BCUT2D eigenvalue weighted by molar-refractivity contribution is 5.85. The molecule has 0 radical (unpaired) electrons. The molecule has 2 amide bonds. The lowest BCUT2D eigenvalue weighted by Crippen LogP contribution is -2.65. The second-order valence-corrected chi connectivity index (χ2v) is 13.0. The maximum absolute atomic E-state index is 14.1. The van der Waals surface area contributed by atoms with E-state index in [4.69, 9.17) is 14.2 Å². The van der Waals surface area contributed by atoms with Crippen LogP contribution in [0.15, 0.2) is 48.5 Å². The Morgan fingerprint density at radius 1 is 0.952 bits per heavy atom. The minimum Gasteiger partial charge on any atom is -0.479 e. The number of nitrogens with zero attached hydrogens (tertiary/aromatic N) is 2. The first-order valence-electron chi connectivity index (χ1n) is 14.8. The number of ether oxygens (including phenoxy) is 3. The number of methoxy groups -OCH3 is 1. The molecule has 0 atom stereocenters. The highest BCUT2D eigenvalue weighted by Crippen LogP contribution is 2.46. The Morgan fingerprint density at radius 3 is 2.00 bits per heavy atom. The van der Waals surface area contributed by atoms with Crippen molar-refractivity contribution in [3.8, 4) is 11.1 Å². The lowest BCUT2D eigenvalue weighted by Gasteiger charge is -2.51. The van der Waals surface area contributed by atoms with Crippen LogP contribution in [-0.4, -0.2) is 84.2 Å². The van der Waals surface area contributed by atoms with Crippen molar-refractivity contribution in [3.05, 3.63) is 59.7 Å². The molecule has 2 aromatic carbocycles. The van der Waals surface area contributed by atoms with E-state index in [1.165, 1.54) is 9.80 Å². The minimum atomic E-state index is -1.52. The number of carbonyl (C=O) groups excluding carboxylic acids is 2. The molecular weight excluding hydrogens is 536 g/mol. The quantitative estimate of drug-likeness (QED) is 0.415. The molecule has 0 spiro atoms. The SMILES string of the molecule is COCC1(CN(C(=O)OCC2c3ccccc3-c3ccccc32)C2(C(=O)O)CCN(C(=O)OC(C)(C)C)CC2)CCC1. The molecule has 3 aliphatic rings. The van der Waals surface area contributed by atoms with E-state index in [0.29, 0.717) is 6.61 Å². The molecule has 226 valence electrons. The van der Waals surface area contributed by atoms with E-state index in [0.717, 1.165) is 41.5 Å². The van der Waals surface area contributed by atoms with Crippen molar-refractivity contribution < 1.29 is 33.7 Å². The standard InChI is InChI=1S/C33H42N2O7/c1-31(2,3)42-29(38)34-18-16-33(17-19-34,28(36)37)35(21-32(22-40-4)14-9-15-32)30(39)41-20-27-25-12-7-5-10-23(25)24-11-6-8-13-26(24)27/h5-8,10-13,27H,9,14-22H2,1-4H3,(H,36,37). The van der Waals surface area contributed by atoms with Gasteiger partial charge in [-0.3, -0.25) is 4.90 Å². The number of aliphatic carboxylic acids is 1. The number of hydrogen-bond acceptors (Lipinski definition) is 6. The van der Waals surface area contributed by atoms with Gasteiger partial charge in [0.25, 0.3) is 0 Å². The second kappa shape index (κ2) is 11.6. The van der Waals surface area contributed by atoms with E-state index >= 15 is 0 Å². The zero-order valence-electron chi connectivity index (χ0n) is 25.1. The molecule has 2 fully saturated rings. The van der Waals surface area contributed by atoms with E-state index in [1.54, 1.807) is 27.9 Å². The fourth-order valence-electron chi connectivity index (χ4n) is 6.71. The van der Waals surface area contributed by atoms with Gasteiger partial charge < -0.3 is 24.2 Å². The molecule has 5 rings (SSSR count). The molecule has 0 bridgehead atoms. The van der Waals surface area contributed by atoms with E-state index < -0.39 is 29.3 Å². The summed E-state index contributed by atoms with van der Waals surface area (Å²) in [5.74, 6) is -1.23. The van der Waals surface area contributed by atoms with Crippen LogP contribution in [0.5, 0.6) is 0 Å². The van der Waals surface area contributed by atoms with E-state index in [-0.39, 0.29) is 50.4 Å². The van der Waals surface area contributed by atoms with Gasteiger partial charge in [0, 0.05) is 38.1 Å². The van der Waals surface area contributed by atoms with Gasteiger partial charge in [-0.2, -0.15) is 0 Å². The number of carboxylic acid groups (broad SMARTS) is 1. The molecular formula is C33H42N2O7. The lowest BCUT2D eigenvalue weighted by atomic mass is 9.68. The van der Waals surface area contributed by atoms with Crippen LogP contribution < -0.4 is 0 Å². The van der Waals surface area contributed by atoms with Crippen LogP contribution in [0.1, 0.15) is 69.9 Å². The first kappa shape index (κ1) is 29.9. The number of amides is 2. The fraction of sp³-hybridized carbons (Fsp3) is 0.545. The third-order valence-corrected chi connectivity index (χ3v) is 9.07. The molecule has 1 saturated heterocycles. The Hall–Kier alpha value is -3.59. The molecule has 1 aliphatic heterocycles. The normalized spacial score (nSPS) is 18.8. The van der Waals surface area contributed by atoms with E-state index in [2.05, 4.69) is 24.3 Å². The number of piperidine rings is 1. The largest absolute Gasteiger partial charge is 0.479 e. The highest BCUT2D eigenvalue weighted by atomic mass is 16.6. The van der Waals surface area contributed by atoms with Gasteiger partial charge in [-0.1, -0.05) is 55.0 Å². The van der Waals surface area contributed by atoms with E-state index in [9.17, 15) is 19.5 Å². The maximum Gasteiger partial charge on any atom is 0.410 e. The van der Waals surface area contributed by atoms with Gasteiger partial charge >= 0.3 is 18.2 Å². The zero-order valence-corrected chi connectivity index (χ0v) is 25.1. The summed E-state index contributed by atoms with van der Waals surface area (Å²) in [6, 6.07) is 16.2. The van der Waals surface area contributed by atoms with E-state index in [1.807, 2.05) is 24.3 Å². The minimum absolute atomic E-state index is 0.0782. The third-order valence-electron chi connectivity index (χ3n) is 9.07. The smallest absolute Gasteiger partial charge is 0.410 e. The third kappa shape index (κ3) is 5.71. The van der Waals surface area contributed by atoms with Gasteiger partial charge in [-0.05, 0) is 68.7 Å². The molecule has 42 heavy (non-hydrogen) atoms. The number of benzene rings is 2. The van der Waals surface area contributed by atoms with Gasteiger partial charge in [-0.25, -0.2) is 14.4 Å². The van der Waals surface area contributed by atoms with Crippen molar-refractivity contribution in [1.82, 2.24) is 9.80 Å². The number of carbonyl (C=O) groups is 3. The fourth-order valence-corrected chi connectivity index (χ4v) is 6.71. The topological polar surface area (TPSA) is 106 Å². The number of hydrogen-bond donors (Lipinski definition) is 1. The molecule has 0 aromatic heterocycles. The van der Waals surface area contributed by atoms with Crippen molar-refractivity contribution >= 4 is 18.2 Å². The molecule has 2 aliphatic carbocycles. The summed E-state index contributed by atoms with van der Waals surface area (Å²) in [5.41, 5.74) is 1.91. The Balaban J connectivity index is 1.39. The van der Waals surface area contributed by atoms with Crippen LogP contribution in [0.2, 0.25) is 0 Å². The van der Waals surface area contributed by atoms with Crippen molar-refractivity contribution in [2.24, 2.45) is 5.41 Å². The van der Waals surface area contributed by atoms with Crippen molar-refractivity contribution in [1.29, 1.82) is 0 Å². The van der Waals surface area contributed by atoms with Crippen LogP contribution in [0, 0.1) is 5.41 Å².